The Morgan fingerprint density at radius 1 is 1.15 bits per heavy atom. The van der Waals surface area contributed by atoms with E-state index in [-0.39, 0.29) is 21.5 Å². The third-order valence-electron chi connectivity index (χ3n) is 2.74. The lowest BCUT2D eigenvalue weighted by molar-refractivity contribution is -0.116. The normalized spacial score (nSPS) is 16.1. The largest absolute Gasteiger partial charge is 0.345 e. The molecule has 1 fully saturated rings. The SMILES string of the molecule is CCS(=O)(=O)N1CC(=O)N(c2cc(Cl)cc(Cl)c2)C1=O. The van der Waals surface area contributed by atoms with Crippen LogP contribution in [0.25, 0.3) is 0 Å². The minimum atomic E-state index is -3.79. The lowest BCUT2D eigenvalue weighted by Crippen LogP contribution is -2.37. The molecule has 1 aliphatic heterocycles. The number of nitrogens with zero attached hydrogens (tertiary/aromatic N) is 2. The second-order valence-electron chi connectivity index (χ2n) is 4.05. The second kappa shape index (κ2) is 5.23. The van der Waals surface area contributed by atoms with Gasteiger partial charge in [-0.1, -0.05) is 23.2 Å². The summed E-state index contributed by atoms with van der Waals surface area (Å²) in [5, 5.41) is 0.481. The zero-order valence-electron chi connectivity index (χ0n) is 10.3. The monoisotopic (exact) mass is 336 g/mol. The van der Waals surface area contributed by atoms with Crippen molar-refractivity contribution in [2.75, 3.05) is 17.2 Å². The van der Waals surface area contributed by atoms with Crippen LogP contribution in [-0.2, 0) is 14.8 Å². The molecule has 0 aliphatic carbocycles. The fourth-order valence-corrected chi connectivity index (χ4v) is 3.23. The fourth-order valence-electron chi connectivity index (χ4n) is 1.78. The lowest BCUT2D eigenvalue weighted by Gasteiger charge is -2.16. The third-order valence-corrected chi connectivity index (χ3v) is 4.86. The first-order chi connectivity index (χ1) is 9.26. The number of sulfonamides is 1. The highest BCUT2D eigenvalue weighted by atomic mass is 35.5. The first-order valence-electron chi connectivity index (χ1n) is 5.59. The molecule has 2 rings (SSSR count). The van der Waals surface area contributed by atoms with Gasteiger partial charge in [0.15, 0.2) is 0 Å². The van der Waals surface area contributed by atoms with Gasteiger partial charge in [0, 0.05) is 10.0 Å². The van der Waals surface area contributed by atoms with E-state index in [4.69, 9.17) is 23.2 Å². The van der Waals surface area contributed by atoms with Gasteiger partial charge in [-0.2, -0.15) is 0 Å². The van der Waals surface area contributed by atoms with E-state index < -0.39 is 28.5 Å². The van der Waals surface area contributed by atoms with Crippen LogP contribution in [0.15, 0.2) is 18.2 Å². The minimum absolute atomic E-state index is 0.145. The number of hydrogen-bond donors (Lipinski definition) is 0. The second-order valence-corrected chi connectivity index (χ2v) is 7.10. The molecule has 0 unspecified atom stereocenters. The molecule has 0 saturated carbocycles. The summed E-state index contributed by atoms with van der Waals surface area (Å²) in [6, 6.07) is 3.25. The fraction of sp³-hybridized carbons (Fsp3) is 0.273. The number of imide groups is 1. The van der Waals surface area contributed by atoms with Crippen LogP contribution in [0.1, 0.15) is 6.92 Å². The van der Waals surface area contributed by atoms with Gasteiger partial charge in [-0.3, -0.25) is 4.79 Å². The molecule has 0 spiro atoms. The van der Waals surface area contributed by atoms with Crippen LogP contribution >= 0.6 is 23.2 Å². The van der Waals surface area contributed by atoms with Crippen molar-refractivity contribution < 1.29 is 18.0 Å². The molecule has 20 heavy (non-hydrogen) atoms. The molecule has 9 heteroatoms. The van der Waals surface area contributed by atoms with E-state index in [0.29, 0.717) is 4.31 Å². The topological polar surface area (TPSA) is 74.8 Å². The molecule has 0 aromatic heterocycles. The Kier molecular flexibility index (Phi) is 3.95. The van der Waals surface area contributed by atoms with E-state index in [1.54, 1.807) is 0 Å². The maximum atomic E-state index is 12.1. The summed E-state index contributed by atoms with van der Waals surface area (Å²) in [4.78, 5) is 24.8. The number of carbonyl (C=O) groups excluding carboxylic acids is 2. The average Bonchev–Trinajstić information content (AvgIpc) is 2.64. The number of hydrogen-bond acceptors (Lipinski definition) is 4. The number of anilines is 1. The lowest BCUT2D eigenvalue weighted by atomic mass is 10.3. The first-order valence-corrected chi connectivity index (χ1v) is 7.96. The van der Waals surface area contributed by atoms with Crippen molar-refractivity contribution in [3.63, 3.8) is 0 Å². The highest BCUT2D eigenvalue weighted by molar-refractivity contribution is 7.89. The Balaban J connectivity index is 2.44. The van der Waals surface area contributed by atoms with E-state index >= 15 is 0 Å². The van der Waals surface area contributed by atoms with E-state index in [0.717, 1.165) is 4.90 Å². The quantitative estimate of drug-likeness (QED) is 0.792. The Morgan fingerprint density at radius 3 is 2.20 bits per heavy atom. The van der Waals surface area contributed by atoms with Crippen LogP contribution in [0, 0.1) is 0 Å². The van der Waals surface area contributed by atoms with Crippen LogP contribution in [0.5, 0.6) is 0 Å². The van der Waals surface area contributed by atoms with Crippen molar-refractivity contribution in [1.82, 2.24) is 4.31 Å². The molecule has 108 valence electrons. The highest BCUT2D eigenvalue weighted by Crippen LogP contribution is 2.29. The number of rotatable bonds is 3. The van der Waals surface area contributed by atoms with Crippen molar-refractivity contribution >= 4 is 50.9 Å². The number of urea groups is 1. The zero-order chi connectivity index (χ0) is 15.1. The molecular formula is C11H10Cl2N2O4S. The molecule has 0 atom stereocenters. The van der Waals surface area contributed by atoms with E-state index in [2.05, 4.69) is 0 Å². The van der Waals surface area contributed by atoms with Gasteiger partial charge in [-0.15, -0.1) is 0 Å². The van der Waals surface area contributed by atoms with Crippen molar-refractivity contribution in [2.45, 2.75) is 6.92 Å². The Hall–Kier alpha value is -1.31. The van der Waals surface area contributed by atoms with E-state index in [1.807, 2.05) is 0 Å². The number of halogens is 2. The van der Waals surface area contributed by atoms with Crippen LogP contribution in [-0.4, -0.2) is 37.0 Å². The Morgan fingerprint density at radius 2 is 1.70 bits per heavy atom. The van der Waals surface area contributed by atoms with E-state index in [1.165, 1.54) is 25.1 Å². The van der Waals surface area contributed by atoms with Crippen LogP contribution in [0.4, 0.5) is 10.5 Å². The molecule has 0 N–H and O–H groups in total. The summed E-state index contributed by atoms with van der Waals surface area (Å²) in [5.74, 6) is -0.916. The Labute approximate surface area is 125 Å². The maximum Gasteiger partial charge on any atom is 0.345 e. The molecule has 1 saturated heterocycles. The third kappa shape index (κ3) is 2.61. The predicted octanol–water partition coefficient (Wildman–Crippen LogP) is 2.11. The van der Waals surface area contributed by atoms with Gasteiger partial charge in [0.1, 0.15) is 6.54 Å². The van der Waals surface area contributed by atoms with Gasteiger partial charge in [0.25, 0.3) is 5.91 Å². The molecule has 1 aromatic carbocycles. The van der Waals surface area contributed by atoms with Crippen LogP contribution < -0.4 is 4.90 Å². The minimum Gasteiger partial charge on any atom is -0.272 e. The molecule has 0 radical (unpaired) electrons. The molecule has 1 aliphatic rings. The number of amides is 3. The summed E-state index contributed by atoms with van der Waals surface area (Å²) in [5.41, 5.74) is 0.145. The molecule has 3 amide bonds. The van der Waals surface area contributed by atoms with Gasteiger partial charge in [0.2, 0.25) is 10.0 Å². The summed E-state index contributed by atoms with van der Waals surface area (Å²) < 4.78 is 24.0. The molecule has 6 nitrogen and oxygen atoms in total. The van der Waals surface area contributed by atoms with Crippen LogP contribution in [0.3, 0.4) is 0 Å². The van der Waals surface area contributed by atoms with Gasteiger partial charge in [0.05, 0.1) is 11.4 Å². The van der Waals surface area contributed by atoms with Crippen LogP contribution in [0.2, 0.25) is 10.0 Å². The van der Waals surface area contributed by atoms with Crippen molar-refractivity contribution in [3.05, 3.63) is 28.2 Å². The average molecular weight is 337 g/mol. The zero-order valence-corrected chi connectivity index (χ0v) is 12.7. The number of carbonyl (C=O) groups is 2. The molecule has 1 aromatic rings. The number of benzene rings is 1. The summed E-state index contributed by atoms with van der Waals surface area (Å²) in [6.45, 7) is 0.880. The maximum absolute atomic E-state index is 12.1. The molecule has 0 bridgehead atoms. The smallest absolute Gasteiger partial charge is 0.272 e. The van der Waals surface area contributed by atoms with E-state index in [9.17, 15) is 18.0 Å². The molecule has 1 heterocycles. The van der Waals surface area contributed by atoms with Gasteiger partial charge in [-0.05, 0) is 25.1 Å². The van der Waals surface area contributed by atoms with Gasteiger partial charge in [-0.25, -0.2) is 22.4 Å². The summed E-state index contributed by atoms with van der Waals surface area (Å²) in [6.07, 6.45) is 0. The highest BCUT2D eigenvalue weighted by Gasteiger charge is 2.43. The standard InChI is InChI=1S/C11H10Cl2N2O4S/c1-2-20(18,19)14-6-10(16)15(11(14)17)9-4-7(12)3-8(13)5-9/h3-5H,2,6H2,1H3. The van der Waals surface area contributed by atoms with Gasteiger partial charge >= 0.3 is 6.03 Å². The summed E-state index contributed by atoms with van der Waals surface area (Å²) in [7, 11) is -3.79. The first kappa shape index (κ1) is 15.1. The predicted molar refractivity (Wildman–Crippen MR) is 75.5 cm³/mol. The van der Waals surface area contributed by atoms with Crippen molar-refractivity contribution in [3.8, 4) is 0 Å². The Bertz CT molecular complexity index is 669. The summed E-state index contributed by atoms with van der Waals surface area (Å²) >= 11 is 11.6. The van der Waals surface area contributed by atoms with Gasteiger partial charge < -0.3 is 0 Å². The van der Waals surface area contributed by atoms with Crippen molar-refractivity contribution in [2.24, 2.45) is 0 Å². The van der Waals surface area contributed by atoms with Crippen molar-refractivity contribution in [1.29, 1.82) is 0 Å². The molecular weight excluding hydrogens is 327 g/mol.